The Balaban J connectivity index is 2.18. The first-order valence-corrected chi connectivity index (χ1v) is 8.10. The first-order chi connectivity index (χ1) is 9.76. The van der Waals surface area contributed by atoms with Gasteiger partial charge in [-0.3, -0.25) is 0 Å². The molecule has 2 atom stereocenters. The monoisotopic (exact) mass is 310 g/mol. The summed E-state index contributed by atoms with van der Waals surface area (Å²) in [5.74, 6) is 0.304. The Bertz CT molecular complexity index is 484. The fourth-order valence-electron chi connectivity index (χ4n) is 2.72. The maximum atomic E-state index is 9.91. The quantitative estimate of drug-likeness (QED) is 0.898. The molecule has 3 nitrogen and oxygen atoms in total. The minimum Gasteiger partial charge on any atom is -0.393 e. The van der Waals surface area contributed by atoms with Crippen LogP contribution in [0.2, 0.25) is 5.02 Å². The maximum Gasteiger partial charge on any atom is 0.0599 e. The Kier molecular flexibility index (Phi) is 5.18. The van der Waals surface area contributed by atoms with E-state index < -0.39 is 0 Å². The molecule has 4 heteroatoms. The third-order valence-corrected chi connectivity index (χ3v) is 4.29. The van der Waals surface area contributed by atoms with Crippen LogP contribution in [0, 0.1) is 5.92 Å². The number of hydrogen-bond acceptors (Lipinski definition) is 3. The van der Waals surface area contributed by atoms with E-state index in [1.165, 1.54) is 11.3 Å². The van der Waals surface area contributed by atoms with Gasteiger partial charge in [0.05, 0.1) is 6.10 Å². The molecular formula is C17H27ClN2O. The molecule has 1 heterocycles. The van der Waals surface area contributed by atoms with Gasteiger partial charge in [-0.05, 0) is 56.9 Å². The van der Waals surface area contributed by atoms with Gasteiger partial charge >= 0.3 is 0 Å². The van der Waals surface area contributed by atoms with E-state index in [1.54, 1.807) is 0 Å². The van der Waals surface area contributed by atoms with Gasteiger partial charge in [-0.15, -0.1) is 0 Å². The fraction of sp³-hybridized carbons (Fsp3) is 0.647. The number of hydrogen-bond donors (Lipinski definition) is 2. The van der Waals surface area contributed by atoms with Gasteiger partial charge in [0.25, 0.3) is 0 Å². The van der Waals surface area contributed by atoms with E-state index in [2.05, 4.69) is 44.0 Å². The number of benzene rings is 1. The lowest BCUT2D eigenvalue weighted by atomic mass is 9.95. The largest absolute Gasteiger partial charge is 0.393 e. The van der Waals surface area contributed by atoms with E-state index in [0.717, 1.165) is 31.1 Å². The number of anilines is 1. The molecule has 0 saturated carbocycles. The Morgan fingerprint density at radius 1 is 1.38 bits per heavy atom. The average molecular weight is 311 g/mol. The van der Waals surface area contributed by atoms with E-state index in [0.29, 0.717) is 5.92 Å². The predicted molar refractivity (Wildman–Crippen MR) is 90.0 cm³/mol. The molecular weight excluding hydrogens is 284 g/mol. The van der Waals surface area contributed by atoms with Crippen molar-refractivity contribution < 1.29 is 5.11 Å². The lowest BCUT2D eigenvalue weighted by Gasteiger charge is -2.37. The maximum absolute atomic E-state index is 9.91. The van der Waals surface area contributed by atoms with Crippen LogP contribution < -0.4 is 10.2 Å². The minimum atomic E-state index is -0.176. The van der Waals surface area contributed by atoms with Gasteiger partial charge in [-0.1, -0.05) is 18.5 Å². The zero-order valence-electron chi connectivity index (χ0n) is 13.5. The number of aliphatic hydroxyl groups is 1. The second-order valence-corrected chi connectivity index (χ2v) is 7.59. The third-order valence-electron chi connectivity index (χ3n) is 4.05. The summed E-state index contributed by atoms with van der Waals surface area (Å²) in [4.78, 5) is 2.37. The molecule has 0 aliphatic carbocycles. The molecule has 1 fully saturated rings. The van der Waals surface area contributed by atoms with E-state index in [1.807, 2.05) is 12.1 Å². The Morgan fingerprint density at radius 3 is 2.71 bits per heavy atom. The first kappa shape index (κ1) is 16.6. The van der Waals surface area contributed by atoms with E-state index in [-0.39, 0.29) is 11.6 Å². The van der Waals surface area contributed by atoms with Crippen LogP contribution in [0.5, 0.6) is 0 Å². The van der Waals surface area contributed by atoms with Gasteiger partial charge < -0.3 is 15.3 Å². The van der Waals surface area contributed by atoms with E-state index >= 15 is 0 Å². The topological polar surface area (TPSA) is 35.5 Å². The summed E-state index contributed by atoms with van der Waals surface area (Å²) in [6.45, 7) is 11.2. The summed E-state index contributed by atoms with van der Waals surface area (Å²) in [6.07, 6.45) is 0.653. The van der Waals surface area contributed by atoms with Crippen molar-refractivity contribution in [3.05, 3.63) is 28.8 Å². The molecule has 0 spiro atoms. The Hall–Kier alpha value is -0.770. The van der Waals surface area contributed by atoms with Gasteiger partial charge in [-0.2, -0.15) is 0 Å². The van der Waals surface area contributed by atoms with Crippen molar-refractivity contribution in [1.29, 1.82) is 0 Å². The Labute approximate surface area is 133 Å². The number of halogens is 1. The molecule has 2 rings (SSSR count). The van der Waals surface area contributed by atoms with Gasteiger partial charge in [-0.25, -0.2) is 0 Å². The summed E-state index contributed by atoms with van der Waals surface area (Å²) < 4.78 is 0. The predicted octanol–water partition coefficient (Wildman–Crippen LogP) is 3.44. The molecule has 0 aromatic heterocycles. The number of aliphatic hydroxyl groups excluding tert-OH is 1. The highest BCUT2D eigenvalue weighted by Gasteiger charge is 2.25. The molecule has 118 valence electrons. The normalized spacial score (nSPS) is 23.4. The average Bonchev–Trinajstić information content (AvgIpc) is 2.39. The second-order valence-electron chi connectivity index (χ2n) is 7.16. The first-order valence-electron chi connectivity index (χ1n) is 7.73. The third kappa shape index (κ3) is 4.60. The smallest absolute Gasteiger partial charge is 0.0599 e. The Morgan fingerprint density at radius 2 is 2.10 bits per heavy atom. The summed E-state index contributed by atoms with van der Waals surface area (Å²) in [5.41, 5.74) is 2.53. The van der Waals surface area contributed by atoms with Crippen LogP contribution in [0.3, 0.4) is 0 Å². The molecule has 1 aliphatic rings. The molecule has 2 N–H and O–H groups in total. The van der Waals surface area contributed by atoms with Gasteiger partial charge in [0.2, 0.25) is 0 Å². The van der Waals surface area contributed by atoms with Crippen molar-refractivity contribution in [1.82, 2.24) is 5.32 Å². The van der Waals surface area contributed by atoms with Gasteiger partial charge in [0.1, 0.15) is 0 Å². The zero-order chi connectivity index (χ0) is 15.6. The zero-order valence-corrected chi connectivity index (χ0v) is 14.2. The van der Waals surface area contributed by atoms with Crippen molar-refractivity contribution in [2.24, 2.45) is 5.92 Å². The summed E-state index contributed by atoms with van der Waals surface area (Å²) >= 11 is 6.17. The van der Waals surface area contributed by atoms with E-state index in [9.17, 15) is 5.11 Å². The van der Waals surface area contributed by atoms with Crippen LogP contribution in [-0.2, 0) is 6.54 Å². The number of rotatable bonds is 3. The van der Waals surface area contributed by atoms with Crippen LogP contribution >= 0.6 is 11.6 Å². The molecule has 2 unspecified atom stereocenters. The van der Waals surface area contributed by atoms with Crippen molar-refractivity contribution in [2.75, 3.05) is 18.0 Å². The molecule has 0 radical (unpaired) electrons. The van der Waals surface area contributed by atoms with Crippen molar-refractivity contribution in [3.8, 4) is 0 Å². The highest BCUT2D eigenvalue weighted by Crippen LogP contribution is 2.29. The fourth-order valence-corrected chi connectivity index (χ4v) is 2.91. The van der Waals surface area contributed by atoms with Crippen LogP contribution in [0.15, 0.2) is 18.2 Å². The molecule has 21 heavy (non-hydrogen) atoms. The second kappa shape index (κ2) is 6.55. The molecule has 0 amide bonds. The summed E-state index contributed by atoms with van der Waals surface area (Å²) in [7, 11) is 0. The highest BCUT2D eigenvalue weighted by atomic mass is 35.5. The van der Waals surface area contributed by atoms with Gasteiger partial charge in [0.15, 0.2) is 0 Å². The molecule has 1 aliphatic heterocycles. The number of piperidine rings is 1. The molecule has 1 aromatic carbocycles. The lowest BCUT2D eigenvalue weighted by Crippen LogP contribution is -2.42. The van der Waals surface area contributed by atoms with E-state index in [4.69, 9.17) is 11.6 Å². The number of nitrogens with one attached hydrogen (secondary N) is 1. The SMILES string of the molecule is CC1CN(c2ccc(Cl)cc2CNC(C)(C)C)CCC1O. The lowest BCUT2D eigenvalue weighted by molar-refractivity contribution is 0.0970. The standard InChI is InChI=1S/C17H27ClN2O/c1-12-11-20(8-7-16(12)21)15-6-5-14(18)9-13(15)10-19-17(2,3)4/h5-6,9,12,16,19,21H,7-8,10-11H2,1-4H3. The molecule has 1 aromatic rings. The summed E-state index contributed by atoms with van der Waals surface area (Å²) in [5, 5.41) is 14.2. The summed E-state index contributed by atoms with van der Waals surface area (Å²) in [6, 6.07) is 6.10. The van der Waals surface area contributed by atoms with Crippen LogP contribution in [-0.4, -0.2) is 29.8 Å². The van der Waals surface area contributed by atoms with Crippen molar-refractivity contribution in [3.63, 3.8) is 0 Å². The highest BCUT2D eigenvalue weighted by molar-refractivity contribution is 6.30. The van der Waals surface area contributed by atoms with Crippen LogP contribution in [0.25, 0.3) is 0 Å². The van der Waals surface area contributed by atoms with Crippen LogP contribution in [0.4, 0.5) is 5.69 Å². The molecule has 1 saturated heterocycles. The minimum absolute atomic E-state index is 0.0744. The number of nitrogens with zero attached hydrogens (tertiary/aromatic N) is 1. The van der Waals surface area contributed by atoms with Crippen molar-refractivity contribution in [2.45, 2.75) is 52.3 Å². The van der Waals surface area contributed by atoms with Crippen LogP contribution in [0.1, 0.15) is 39.7 Å². The van der Waals surface area contributed by atoms with Crippen molar-refractivity contribution >= 4 is 17.3 Å². The molecule has 0 bridgehead atoms. The van der Waals surface area contributed by atoms with Gasteiger partial charge in [0, 0.05) is 35.9 Å².